The summed E-state index contributed by atoms with van der Waals surface area (Å²) in [5.74, 6) is -0.514. The van der Waals surface area contributed by atoms with Crippen molar-refractivity contribution in [3.05, 3.63) is 29.8 Å². The van der Waals surface area contributed by atoms with Gasteiger partial charge >= 0.3 is 0 Å². The molecule has 0 aromatic heterocycles. The van der Waals surface area contributed by atoms with Crippen molar-refractivity contribution in [2.24, 2.45) is 11.7 Å². The third kappa shape index (κ3) is 4.61. The predicted octanol–water partition coefficient (Wildman–Crippen LogP) is 1.54. The Morgan fingerprint density at radius 2 is 1.95 bits per heavy atom. The maximum atomic E-state index is 12.0. The van der Waals surface area contributed by atoms with Gasteiger partial charge < -0.3 is 11.1 Å². The Labute approximate surface area is 120 Å². The number of nitrogens with two attached hydrogens (primary N) is 1. The van der Waals surface area contributed by atoms with E-state index >= 15 is 0 Å². The summed E-state index contributed by atoms with van der Waals surface area (Å²) in [6, 6.07) is 7.05. The lowest BCUT2D eigenvalue weighted by Gasteiger charge is -2.15. The van der Waals surface area contributed by atoms with Crippen molar-refractivity contribution in [2.75, 3.05) is 11.1 Å². The summed E-state index contributed by atoms with van der Waals surface area (Å²) in [4.78, 5) is 12.0. The largest absolute Gasteiger partial charge is 0.326 e. The second kappa shape index (κ2) is 6.85. The summed E-state index contributed by atoms with van der Waals surface area (Å²) in [5.41, 5.74) is 6.96. The van der Waals surface area contributed by atoms with Gasteiger partial charge in [-0.2, -0.15) is 0 Å². The van der Waals surface area contributed by atoms with E-state index in [2.05, 4.69) is 5.32 Å². The number of anilines is 1. The fourth-order valence-corrected chi connectivity index (χ4v) is 3.39. The first-order valence-electron chi connectivity index (χ1n) is 6.57. The van der Waals surface area contributed by atoms with Crippen LogP contribution >= 0.6 is 0 Å². The molecule has 0 aliphatic carbocycles. The third-order valence-electron chi connectivity index (χ3n) is 2.90. The Kier molecular flexibility index (Phi) is 5.71. The number of amides is 1. The van der Waals surface area contributed by atoms with Crippen LogP contribution in [0, 0.1) is 5.92 Å². The molecule has 1 amide bonds. The van der Waals surface area contributed by atoms with Crippen LogP contribution in [0.25, 0.3) is 0 Å². The molecule has 5 nitrogen and oxygen atoms in total. The molecule has 0 radical (unpaired) electrons. The number of carbonyl (C=O) groups is 1. The minimum Gasteiger partial charge on any atom is -0.326 e. The number of nitrogens with one attached hydrogen (secondary N) is 1. The average Bonchev–Trinajstić information content (AvgIpc) is 2.36. The van der Waals surface area contributed by atoms with Gasteiger partial charge in [-0.1, -0.05) is 26.0 Å². The van der Waals surface area contributed by atoms with E-state index in [0.717, 1.165) is 5.56 Å². The fourth-order valence-electron chi connectivity index (χ4n) is 1.79. The molecule has 0 aliphatic heterocycles. The maximum Gasteiger partial charge on any atom is 0.242 e. The summed E-state index contributed by atoms with van der Waals surface area (Å²) in [5, 5.41) is 1.56. The van der Waals surface area contributed by atoms with Gasteiger partial charge in [-0.15, -0.1) is 0 Å². The molecule has 1 aromatic carbocycles. The second-order valence-corrected chi connectivity index (χ2v) is 7.63. The van der Waals surface area contributed by atoms with Gasteiger partial charge in [0.25, 0.3) is 0 Å². The van der Waals surface area contributed by atoms with Gasteiger partial charge in [0.05, 0.1) is 5.75 Å². The Morgan fingerprint density at radius 3 is 2.50 bits per heavy atom. The zero-order valence-electron chi connectivity index (χ0n) is 12.1. The topological polar surface area (TPSA) is 89.3 Å². The number of rotatable bonds is 6. The molecule has 0 heterocycles. The summed E-state index contributed by atoms with van der Waals surface area (Å²) < 4.78 is 24.0. The van der Waals surface area contributed by atoms with Crippen LogP contribution in [0.15, 0.2) is 24.3 Å². The number of carbonyl (C=O) groups excluding carboxylic acids is 1. The van der Waals surface area contributed by atoms with E-state index in [4.69, 9.17) is 5.73 Å². The Morgan fingerprint density at radius 1 is 1.30 bits per heavy atom. The molecule has 0 saturated heterocycles. The van der Waals surface area contributed by atoms with Crippen molar-refractivity contribution in [3.63, 3.8) is 0 Å². The van der Waals surface area contributed by atoms with Crippen molar-refractivity contribution in [3.8, 4) is 0 Å². The monoisotopic (exact) mass is 298 g/mol. The van der Waals surface area contributed by atoms with Gasteiger partial charge in [0, 0.05) is 12.2 Å². The van der Waals surface area contributed by atoms with Gasteiger partial charge in [0.15, 0.2) is 9.84 Å². The van der Waals surface area contributed by atoms with Crippen LogP contribution in [-0.4, -0.2) is 25.3 Å². The molecule has 0 aliphatic rings. The van der Waals surface area contributed by atoms with E-state index in [1.165, 1.54) is 6.92 Å². The number of sulfone groups is 1. The average molecular weight is 298 g/mol. The lowest BCUT2D eigenvalue weighted by atomic mass is 10.2. The van der Waals surface area contributed by atoms with E-state index in [0.29, 0.717) is 12.2 Å². The fraction of sp³-hybridized carbons (Fsp3) is 0.500. The Hall–Kier alpha value is -1.40. The first-order chi connectivity index (χ1) is 9.26. The van der Waals surface area contributed by atoms with E-state index in [-0.39, 0.29) is 11.7 Å². The van der Waals surface area contributed by atoms with Crippen molar-refractivity contribution in [2.45, 2.75) is 32.6 Å². The molecule has 112 valence electrons. The normalized spacial score (nSPS) is 13.2. The molecule has 3 N–H and O–H groups in total. The molecular formula is C14H22N2O3S. The third-order valence-corrected chi connectivity index (χ3v) is 5.33. The van der Waals surface area contributed by atoms with Crippen molar-refractivity contribution >= 4 is 21.4 Å². The van der Waals surface area contributed by atoms with Crippen molar-refractivity contribution in [1.82, 2.24) is 0 Å². The number of hydrogen-bond acceptors (Lipinski definition) is 4. The Balaban J connectivity index is 2.80. The summed E-state index contributed by atoms with van der Waals surface area (Å²) in [6.07, 6.45) is 0. The predicted molar refractivity (Wildman–Crippen MR) is 81.0 cm³/mol. The molecular weight excluding hydrogens is 276 g/mol. The number of benzene rings is 1. The summed E-state index contributed by atoms with van der Waals surface area (Å²) in [7, 11) is -3.43. The van der Waals surface area contributed by atoms with Gasteiger partial charge in [0.2, 0.25) is 5.91 Å². The smallest absolute Gasteiger partial charge is 0.242 e. The molecule has 0 spiro atoms. The first-order valence-corrected chi connectivity index (χ1v) is 8.29. The number of hydrogen-bond donors (Lipinski definition) is 2. The van der Waals surface area contributed by atoms with Gasteiger partial charge in [-0.05, 0) is 30.5 Å². The SMILES string of the molecule is CC(C)CS(=O)(=O)C(C)C(=O)Nc1cccc(CN)c1. The summed E-state index contributed by atoms with van der Waals surface area (Å²) in [6.45, 7) is 5.41. The van der Waals surface area contributed by atoms with Crippen LogP contribution in [0.3, 0.4) is 0 Å². The van der Waals surface area contributed by atoms with E-state index in [1.54, 1.807) is 18.2 Å². The van der Waals surface area contributed by atoms with E-state index in [1.807, 2.05) is 19.9 Å². The van der Waals surface area contributed by atoms with Crippen LogP contribution in [0.2, 0.25) is 0 Å². The minimum absolute atomic E-state index is 0.00387. The van der Waals surface area contributed by atoms with E-state index in [9.17, 15) is 13.2 Å². The molecule has 0 fully saturated rings. The molecule has 1 rings (SSSR count). The van der Waals surface area contributed by atoms with Gasteiger partial charge in [0.1, 0.15) is 5.25 Å². The molecule has 6 heteroatoms. The molecule has 0 saturated carbocycles. The molecule has 1 atom stereocenters. The Bertz CT molecular complexity index is 568. The molecule has 0 bridgehead atoms. The van der Waals surface area contributed by atoms with Gasteiger partial charge in [-0.25, -0.2) is 8.42 Å². The van der Waals surface area contributed by atoms with Crippen molar-refractivity contribution < 1.29 is 13.2 Å². The molecule has 1 aromatic rings. The lowest BCUT2D eigenvalue weighted by molar-refractivity contribution is -0.115. The van der Waals surface area contributed by atoms with Crippen LogP contribution in [0.5, 0.6) is 0 Å². The lowest BCUT2D eigenvalue weighted by Crippen LogP contribution is -2.35. The highest BCUT2D eigenvalue weighted by Gasteiger charge is 2.28. The van der Waals surface area contributed by atoms with Crippen LogP contribution in [-0.2, 0) is 21.2 Å². The second-order valence-electron chi connectivity index (χ2n) is 5.26. The highest BCUT2D eigenvalue weighted by atomic mass is 32.2. The van der Waals surface area contributed by atoms with Crippen LogP contribution in [0.1, 0.15) is 26.3 Å². The molecule has 20 heavy (non-hydrogen) atoms. The highest BCUT2D eigenvalue weighted by molar-refractivity contribution is 7.92. The van der Waals surface area contributed by atoms with E-state index < -0.39 is 21.0 Å². The van der Waals surface area contributed by atoms with Crippen LogP contribution in [0.4, 0.5) is 5.69 Å². The first kappa shape index (κ1) is 16.7. The minimum atomic E-state index is -3.43. The standard InChI is InChI=1S/C14H22N2O3S/c1-10(2)9-20(18,19)11(3)14(17)16-13-6-4-5-12(7-13)8-15/h4-7,10-11H,8-9,15H2,1-3H3,(H,16,17). The highest BCUT2D eigenvalue weighted by Crippen LogP contribution is 2.13. The quantitative estimate of drug-likeness (QED) is 0.833. The summed E-state index contributed by atoms with van der Waals surface area (Å²) >= 11 is 0. The zero-order valence-corrected chi connectivity index (χ0v) is 12.9. The van der Waals surface area contributed by atoms with Gasteiger partial charge in [-0.3, -0.25) is 4.79 Å². The molecule has 1 unspecified atom stereocenters. The zero-order chi connectivity index (χ0) is 15.3. The van der Waals surface area contributed by atoms with Crippen molar-refractivity contribution in [1.29, 1.82) is 0 Å². The maximum absolute atomic E-state index is 12.0. The van der Waals surface area contributed by atoms with Crippen LogP contribution < -0.4 is 11.1 Å².